The van der Waals surface area contributed by atoms with E-state index in [-0.39, 0.29) is 10.6 Å². The van der Waals surface area contributed by atoms with Crippen LogP contribution in [0.4, 0.5) is 0 Å². The van der Waals surface area contributed by atoms with E-state index in [1.165, 1.54) is 6.07 Å². The second-order valence-electron chi connectivity index (χ2n) is 5.31. The van der Waals surface area contributed by atoms with Gasteiger partial charge in [0.2, 0.25) is 0 Å². The normalized spacial score (nSPS) is 15.7. The minimum atomic E-state index is -3.34. The summed E-state index contributed by atoms with van der Waals surface area (Å²) < 4.78 is 24.8. The first-order chi connectivity index (χ1) is 10.1. The van der Waals surface area contributed by atoms with Crippen molar-refractivity contribution in [2.24, 2.45) is 0 Å². The fourth-order valence-electron chi connectivity index (χ4n) is 2.41. The topological polar surface area (TPSA) is 73.2 Å². The van der Waals surface area contributed by atoms with Crippen LogP contribution in [0.5, 0.6) is 0 Å². The molecule has 0 spiro atoms. The van der Waals surface area contributed by atoms with E-state index in [4.69, 9.17) is 5.26 Å². The van der Waals surface area contributed by atoms with Crippen LogP contribution in [0.1, 0.15) is 18.9 Å². The Balaban J connectivity index is 2.04. The molecule has 1 aliphatic heterocycles. The van der Waals surface area contributed by atoms with Crippen molar-refractivity contribution >= 4 is 9.84 Å². The van der Waals surface area contributed by atoms with Gasteiger partial charge in [-0.1, -0.05) is 13.0 Å². The highest BCUT2D eigenvalue weighted by atomic mass is 32.2. The van der Waals surface area contributed by atoms with Gasteiger partial charge in [0.1, 0.15) is 0 Å². The zero-order valence-electron chi connectivity index (χ0n) is 12.2. The summed E-state index contributed by atoms with van der Waals surface area (Å²) in [4.78, 5) is 2.48. The lowest BCUT2D eigenvalue weighted by Crippen LogP contribution is -2.58. The molecular formula is C15H21N3O2S. The van der Waals surface area contributed by atoms with Crippen molar-refractivity contribution in [1.82, 2.24) is 10.2 Å². The average molecular weight is 307 g/mol. The first kappa shape index (κ1) is 16.0. The van der Waals surface area contributed by atoms with E-state index in [2.05, 4.69) is 17.1 Å². The molecule has 21 heavy (non-hydrogen) atoms. The fraction of sp³-hybridized carbons (Fsp3) is 0.533. The summed E-state index contributed by atoms with van der Waals surface area (Å²) in [6, 6.07) is 8.67. The molecule has 0 radical (unpaired) electrons. The molecule has 2 rings (SSSR count). The van der Waals surface area contributed by atoms with E-state index < -0.39 is 9.84 Å². The van der Waals surface area contributed by atoms with Gasteiger partial charge >= 0.3 is 0 Å². The summed E-state index contributed by atoms with van der Waals surface area (Å²) >= 11 is 0. The molecule has 114 valence electrons. The van der Waals surface area contributed by atoms with Crippen molar-refractivity contribution < 1.29 is 8.42 Å². The number of rotatable bonds is 7. The number of nitriles is 1. The molecule has 1 heterocycles. The number of hydrogen-bond donors (Lipinski definition) is 1. The van der Waals surface area contributed by atoms with Crippen molar-refractivity contribution in [2.75, 3.05) is 31.9 Å². The lowest BCUT2D eigenvalue weighted by molar-refractivity contribution is 0.154. The molecule has 5 nitrogen and oxygen atoms in total. The van der Waals surface area contributed by atoms with Gasteiger partial charge in [0.25, 0.3) is 0 Å². The third kappa shape index (κ3) is 4.03. The first-order valence-corrected chi connectivity index (χ1v) is 8.89. The van der Waals surface area contributed by atoms with Gasteiger partial charge in [0, 0.05) is 25.7 Å². The van der Waals surface area contributed by atoms with Crippen LogP contribution in [-0.4, -0.2) is 51.3 Å². The molecule has 0 bridgehead atoms. The second-order valence-corrected chi connectivity index (χ2v) is 7.42. The highest BCUT2D eigenvalue weighted by molar-refractivity contribution is 7.91. The van der Waals surface area contributed by atoms with Crippen molar-refractivity contribution in [3.05, 3.63) is 29.8 Å². The molecule has 0 aliphatic carbocycles. The fourth-order valence-corrected chi connectivity index (χ4v) is 3.71. The van der Waals surface area contributed by atoms with E-state index >= 15 is 0 Å². The third-order valence-electron chi connectivity index (χ3n) is 3.76. The lowest BCUT2D eigenvalue weighted by Gasteiger charge is -2.38. The van der Waals surface area contributed by atoms with Gasteiger partial charge in [-0.3, -0.25) is 4.90 Å². The van der Waals surface area contributed by atoms with Crippen LogP contribution in [0.3, 0.4) is 0 Å². The Labute approximate surface area is 126 Å². The maximum Gasteiger partial charge on any atom is 0.179 e. The molecule has 6 heteroatoms. The lowest BCUT2D eigenvalue weighted by atomic mass is 10.1. The van der Waals surface area contributed by atoms with Crippen LogP contribution in [0.15, 0.2) is 29.2 Å². The number of benzene rings is 1. The van der Waals surface area contributed by atoms with Gasteiger partial charge in [-0.25, -0.2) is 8.42 Å². The van der Waals surface area contributed by atoms with Gasteiger partial charge in [-0.05, 0) is 31.2 Å². The van der Waals surface area contributed by atoms with Gasteiger partial charge in [0.15, 0.2) is 9.84 Å². The molecule has 1 fully saturated rings. The molecule has 1 N–H and O–H groups in total. The van der Waals surface area contributed by atoms with E-state index in [1.54, 1.807) is 18.2 Å². The van der Waals surface area contributed by atoms with Crippen LogP contribution in [-0.2, 0) is 9.84 Å². The molecule has 0 amide bonds. The molecule has 0 aromatic heterocycles. The van der Waals surface area contributed by atoms with Crippen LogP contribution in [0, 0.1) is 11.3 Å². The summed E-state index contributed by atoms with van der Waals surface area (Å²) in [5.74, 6) is 0.0956. The third-order valence-corrected chi connectivity index (χ3v) is 5.45. The van der Waals surface area contributed by atoms with E-state index in [0.717, 1.165) is 26.1 Å². The highest BCUT2D eigenvalue weighted by Crippen LogP contribution is 2.14. The molecule has 1 aromatic carbocycles. The predicted molar refractivity (Wildman–Crippen MR) is 81.7 cm³/mol. The van der Waals surface area contributed by atoms with Gasteiger partial charge in [-0.2, -0.15) is 5.26 Å². The smallest absolute Gasteiger partial charge is 0.179 e. The van der Waals surface area contributed by atoms with Gasteiger partial charge in [0.05, 0.1) is 22.3 Å². The summed E-state index contributed by atoms with van der Waals surface area (Å²) in [5.41, 5.74) is 0.379. The maximum atomic E-state index is 12.4. The van der Waals surface area contributed by atoms with E-state index in [9.17, 15) is 8.42 Å². The molecular weight excluding hydrogens is 286 g/mol. The Morgan fingerprint density at radius 2 is 2.14 bits per heavy atom. The van der Waals surface area contributed by atoms with Crippen molar-refractivity contribution in [3.8, 4) is 6.07 Å². The van der Waals surface area contributed by atoms with Crippen LogP contribution in [0.2, 0.25) is 0 Å². The Morgan fingerprint density at radius 1 is 1.38 bits per heavy atom. The Hall–Kier alpha value is -1.42. The Kier molecular flexibility index (Phi) is 5.34. The summed E-state index contributed by atoms with van der Waals surface area (Å²) in [5, 5.41) is 12.1. The number of nitrogens with zero attached hydrogens (tertiary/aromatic N) is 2. The maximum absolute atomic E-state index is 12.4. The Morgan fingerprint density at radius 3 is 2.71 bits per heavy atom. The van der Waals surface area contributed by atoms with Crippen molar-refractivity contribution in [1.29, 1.82) is 5.26 Å². The zero-order valence-corrected chi connectivity index (χ0v) is 13.1. The summed E-state index contributed by atoms with van der Waals surface area (Å²) in [6.07, 6.45) is 1.01. The number of hydrogen-bond acceptors (Lipinski definition) is 5. The minimum Gasteiger partial charge on any atom is -0.314 e. The quantitative estimate of drug-likeness (QED) is 0.814. The average Bonchev–Trinajstić information content (AvgIpc) is 2.43. The Bertz CT molecular complexity index is 618. The highest BCUT2D eigenvalue weighted by Gasteiger charge is 2.25. The standard InChI is InChI=1S/C15H21N3O2S/c1-2-6-18(14-11-17-12-14)7-8-21(19,20)15-5-3-4-13(9-15)10-16/h3-5,9,14,17H,2,6-8,11-12H2,1H3. The van der Waals surface area contributed by atoms with Crippen LogP contribution >= 0.6 is 0 Å². The van der Waals surface area contributed by atoms with Crippen molar-refractivity contribution in [2.45, 2.75) is 24.3 Å². The molecule has 0 atom stereocenters. The second kappa shape index (κ2) is 7.03. The number of sulfone groups is 1. The van der Waals surface area contributed by atoms with Crippen LogP contribution in [0.25, 0.3) is 0 Å². The molecule has 1 aliphatic rings. The van der Waals surface area contributed by atoms with Crippen LogP contribution < -0.4 is 5.32 Å². The molecule has 0 saturated carbocycles. The first-order valence-electron chi connectivity index (χ1n) is 7.24. The van der Waals surface area contributed by atoms with Crippen molar-refractivity contribution in [3.63, 3.8) is 0 Å². The molecule has 0 unspecified atom stereocenters. The summed E-state index contributed by atoms with van der Waals surface area (Å²) in [6.45, 7) is 5.43. The van der Waals surface area contributed by atoms with E-state index in [0.29, 0.717) is 18.2 Å². The zero-order chi connectivity index (χ0) is 15.3. The van der Waals surface area contributed by atoms with Gasteiger partial charge in [-0.15, -0.1) is 0 Å². The minimum absolute atomic E-state index is 0.0956. The van der Waals surface area contributed by atoms with E-state index in [1.807, 2.05) is 6.07 Å². The summed E-state index contributed by atoms with van der Waals surface area (Å²) in [7, 11) is -3.34. The molecule has 1 saturated heterocycles. The molecule has 1 aromatic rings. The predicted octanol–water partition coefficient (Wildman–Crippen LogP) is 1.02. The number of nitrogens with one attached hydrogen (secondary N) is 1. The van der Waals surface area contributed by atoms with Gasteiger partial charge < -0.3 is 5.32 Å². The SMILES string of the molecule is CCCN(CCS(=O)(=O)c1cccc(C#N)c1)C1CNC1. The largest absolute Gasteiger partial charge is 0.314 e. The monoisotopic (exact) mass is 307 g/mol.